The number of hydrogen-bond acceptors (Lipinski definition) is 4. The maximum atomic E-state index is 9.00. The quantitative estimate of drug-likeness (QED) is 0.483. The minimum absolute atomic E-state index is 0.268. The molecule has 0 bridgehead atoms. The van der Waals surface area contributed by atoms with E-state index in [4.69, 9.17) is 9.94 Å². The highest BCUT2D eigenvalue weighted by molar-refractivity contribution is 5.90. The zero-order valence-corrected chi connectivity index (χ0v) is 11.8. The van der Waals surface area contributed by atoms with Gasteiger partial charge in [-0.25, -0.2) is 0 Å². The van der Waals surface area contributed by atoms with Crippen LogP contribution >= 0.6 is 0 Å². The van der Waals surface area contributed by atoms with Gasteiger partial charge in [0.15, 0.2) is 0 Å². The molecule has 2 aromatic carbocycles. The molecule has 0 fully saturated rings. The summed E-state index contributed by atoms with van der Waals surface area (Å²) >= 11 is 0. The number of nitrogens with one attached hydrogen (secondary N) is 1. The Hall–Kier alpha value is -2.07. The minimum atomic E-state index is 0.268. The summed E-state index contributed by atoms with van der Waals surface area (Å²) < 4.78 is 5.77. The highest BCUT2D eigenvalue weighted by Gasteiger charge is 2.05. The maximum Gasteiger partial charge on any atom is 0.131 e. The molecule has 2 aromatic rings. The fraction of sp³-hybridized carbons (Fsp3) is 0.312. The van der Waals surface area contributed by atoms with E-state index in [0.29, 0.717) is 18.3 Å². The van der Waals surface area contributed by atoms with Gasteiger partial charge in [-0.1, -0.05) is 55.4 Å². The lowest BCUT2D eigenvalue weighted by Gasteiger charge is -2.12. The molecule has 0 aliphatic rings. The van der Waals surface area contributed by atoms with Gasteiger partial charge in [0, 0.05) is 18.0 Å². The Labute approximate surface area is 119 Å². The Bertz CT molecular complexity index is 589. The van der Waals surface area contributed by atoms with Crippen molar-refractivity contribution in [2.45, 2.75) is 19.9 Å². The Morgan fingerprint density at radius 3 is 2.70 bits per heavy atom. The van der Waals surface area contributed by atoms with Gasteiger partial charge in [0.2, 0.25) is 0 Å². The normalized spacial score (nSPS) is 12.1. The number of oxime groups is 1. The zero-order chi connectivity index (χ0) is 14.4. The van der Waals surface area contributed by atoms with Gasteiger partial charge < -0.3 is 15.3 Å². The fourth-order valence-electron chi connectivity index (χ4n) is 1.92. The highest BCUT2D eigenvalue weighted by Crippen LogP contribution is 2.24. The second-order valence-electron chi connectivity index (χ2n) is 4.97. The first-order valence-electron chi connectivity index (χ1n) is 6.74. The van der Waals surface area contributed by atoms with Crippen molar-refractivity contribution in [2.24, 2.45) is 5.16 Å². The summed E-state index contributed by atoms with van der Waals surface area (Å²) in [6.45, 7) is 4.87. The molecule has 4 heteroatoms. The summed E-state index contributed by atoms with van der Waals surface area (Å²) in [5.41, 5.74) is 0.576. The topological polar surface area (TPSA) is 53.8 Å². The average Bonchev–Trinajstić information content (AvgIpc) is 2.47. The van der Waals surface area contributed by atoms with Crippen molar-refractivity contribution in [3.63, 3.8) is 0 Å². The summed E-state index contributed by atoms with van der Waals surface area (Å²) in [6.07, 6.45) is 0. The smallest absolute Gasteiger partial charge is 0.131 e. The minimum Gasteiger partial charge on any atom is -0.487 e. The molecule has 2 rings (SSSR count). The van der Waals surface area contributed by atoms with E-state index in [-0.39, 0.29) is 6.61 Å². The van der Waals surface area contributed by atoms with Gasteiger partial charge in [0.05, 0.1) is 0 Å². The lowest BCUT2D eigenvalue weighted by atomic mass is 10.1. The Balaban J connectivity index is 2.05. The van der Waals surface area contributed by atoms with Crippen LogP contribution in [-0.4, -0.2) is 30.1 Å². The molecule has 0 radical (unpaired) electrons. The van der Waals surface area contributed by atoms with E-state index >= 15 is 0 Å². The summed E-state index contributed by atoms with van der Waals surface area (Å²) in [7, 11) is 0. The van der Waals surface area contributed by atoms with E-state index in [0.717, 1.165) is 16.5 Å². The molecule has 0 atom stereocenters. The third kappa shape index (κ3) is 3.71. The summed E-state index contributed by atoms with van der Waals surface area (Å²) in [6, 6.07) is 14.3. The van der Waals surface area contributed by atoms with Crippen LogP contribution in [0.1, 0.15) is 13.8 Å². The Morgan fingerprint density at radius 2 is 1.95 bits per heavy atom. The molecule has 0 aliphatic heterocycles. The van der Waals surface area contributed by atoms with Crippen LogP contribution in [0.3, 0.4) is 0 Å². The molecule has 0 saturated heterocycles. The predicted octanol–water partition coefficient (Wildman–Crippen LogP) is 3.05. The van der Waals surface area contributed by atoms with E-state index in [1.165, 1.54) is 0 Å². The SMILES string of the molecule is CC(C)NC/C(COc1cccc2ccccc12)=N/O. The van der Waals surface area contributed by atoms with Crippen molar-refractivity contribution in [3.05, 3.63) is 42.5 Å². The van der Waals surface area contributed by atoms with Crippen molar-refractivity contribution >= 4 is 16.5 Å². The van der Waals surface area contributed by atoms with Crippen LogP contribution in [0, 0.1) is 0 Å². The summed E-state index contributed by atoms with van der Waals surface area (Å²) in [5, 5.41) is 17.7. The Kier molecular flexibility index (Phi) is 4.96. The van der Waals surface area contributed by atoms with Crippen LogP contribution in [0.15, 0.2) is 47.6 Å². The summed E-state index contributed by atoms with van der Waals surface area (Å²) in [4.78, 5) is 0. The van der Waals surface area contributed by atoms with E-state index in [1.807, 2.05) is 56.3 Å². The first kappa shape index (κ1) is 14.3. The molecule has 0 unspecified atom stereocenters. The van der Waals surface area contributed by atoms with Crippen molar-refractivity contribution in [1.29, 1.82) is 0 Å². The van der Waals surface area contributed by atoms with Gasteiger partial charge in [0.25, 0.3) is 0 Å². The van der Waals surface area contributed by atoms with E-state index < -0.39 is 0 Å². The highest BCUT2D eigenvalue weighted by atomic mass is 16.5. The molecule has 4 nitrogen and oxygen atoms in total. The average molecular weight is 272 g/mol. The molecular formula is C16H20N2O2. The van der Waals surface area contributed by atoms with E-state index in [1.54, 1.807) is 0 Å². The molecule has 0 aliphatic carbocycles. The molecule has 0 heterocycles. The zero-order valence-electron chi connectivity index (χ0n) is 11.8. The second kappa shape index (κ2) is 6.91. The Morgan fingerprint density at radius 1 is 1.20 bits per heavy atom. The number of rotatable bonds is 6. The number of nitrogens with zero attached hydrogens (tertiary/aromatic N) is 1. The number of benzene rings is 2. The lowest BCUT2D eigenvalue weighted by Crippen LogP contribution is -2.32. The van der Waals surface area contributed by atoms with Gasteiger partial charge >= 0.3 is 0 Å². The van der Waals surface area contributed by atoms with Crippen LogP contribution in [0.25, 0.3) is 10.8 Å². The lowest BCUT2D eigenvalue weighted by molar-refractivity contribution is 0.305. The molecule has 20 heavy (non-hydrogen) atoms. The van der Waals surface area contributed by atoms with E-state index in [9.17, 15) is 0 Å². The van der Waals surface area contributed by atoms with Gasteiger partial charge in [-0.2, -0.15) is 0 Å². The first-order chi connectivity index (χ1) is 9.70. The molecular weight excluding hydrogens is 252 g/mol. The van der Waals surface area contributed by atoms with Gasteiger partial charge in [-0.3, -0.25) is 0 Å². The van der Waals surface area contributed by atoms with Gasteiger partial charge in [-0.05, 0) is 11.5 Å². The molecule has 0 amide bonds. The van der Waals surface area contributed by atoms with Crippen molar-refractivity contribution in [3.8, 4) is 5.75 Å². The van der Waals surface area contributed by atoms with Crippen LogP contribution in [0.5, 0.6) is 5.75 Å². The molecule has 0 aromatic heterocycles. The number of fused-ring (bicyclic) bond motifs is 1. The van der Waals surface area contributed by atoms with Gasteiger partial charge in [-0.15, -0.1) is 0 Å². The number of ether oxygens (including phenoxy) is 1. The van der Waals surface area contributed by atoms with Crippen LogP contribution in [0.2, 0.25) is 0 Å². The van der Waals surface area contributed by atoms with Crippen LogP contribution < -0.4 is 10.1 Å². The predicted molar refractivity (Wildman–Crippen MR) is 81.8 cm³/mol. The molecule has 2 N–H and O–H groups in total. The number of hydrogen-bond donors (Lipinski definition) is 2. The second-order valence-corrected chi connectivity index (χ2v) is 4.97. The van der Waals surface area contributed by atoms with Crippen molar-refractivity contribution in [2.75, 3.05) is 13.2 Å². The van der Waals surface area contributed by atoms with Crippen molar-refractivity contribution in [1.82, 2.24) is 5.32 Å². The molecule has 106 valence electrons. The largest absolute Gasteiger partial charge is 0.487 e. The molecule has 0 saturated carbocycles. The monoisotopic (exact) mass is 272 g/mol. The summed E-state index contributed by atoms with van der Waals surface area (Å²) in [5.74, 6) is 0.800. The third-order valence-corrected chi connectivity index (χ3v) is 3.00. The third-order valence-electron chi connectivity index (χ3n) is 3.00. The van der Waals surface area contributed by atoms with E-state index in [2.05, 4.69) is 10.5 Å². The standard InChI is InChI=1S/C16H20N2O2/c1-12(2)17-10-14(18-19)11-20-16-9-5-7-13-6-3-4-8-15(13)16/h3-9,12,17,19H,10-11H2,1-2H3/b18-14-. The van der Waals surface area contributed by atoms with Crippen LogP contribution in [-0.2, 0) is 0 Å². The first-order valence-corrected chi connectivity index (χ1v) is 6.74. The maximum absolute atomic E-state index is 9.00. The van der Waals surface area contributed by atoms with Crippen LogP contribution in [0.4, 0.5) is 0 Å². The molecule has 0 spiro atoms. The van der Waals surface area contributed by atoms with Crippen molar-refractivity contribution < 1.29 is 9.94 Å². The van der Waals surface area contributed by atoms with Gasteiger partial charge in [0.1, 0.15) is 18.1 Å². The fourth-order valence-corrected chi connectivity index (χ4v) is 1.92.